The van der Waals surface area contributed by atoms with E-state index in [4.69, 9.17) is 11.6 Å². The van der Waals surface area contributed by atoms with Crippen LogP contribution >= 0.6 is 23.4 Å². The number of anilines is 1. The Morgan fingerprint density at radius 3 is 2.50 bits per heavy atom. The predicted molar refractivity (Wildman–Crippen MR) is 107 cm³/mol. The maximum absolute atomic E-state index is 12.4. The summed E-state index contributed by atoms with van der Waals surface area (Å²) in [5.41, 5.74) is 1.72. The summed E-state index contributed by atoms with van der Waals surface area (Å²) in [4.78, 5) is 12.4. The number of hydrogen-bond acceptors (Lipinski definition) is 4. The number of carbonyl (C=O) groups excluding carboxylic acids is 1. The number of nitrogens with one attached hydrogen (secondary N) is 1. The van der Waals surface area contributed by atoms with Gasteiger partial charge >= 0.3 is 0 Å². The van der Waals surface area contributed by atoms with E-state index in [0.717, 1.165) is 17.1 Å². The zero-order valence-corrected chi connectivity index (χ0v) is 16.1. The molecule has 0 saturated carbocycles. The second-order valence-corrected chi connectivity index (χ2v) is 7.42. The average Bonchev–Trinajstić information content (AvgIpc) is 3.05. The molecule has 1 aromatic heterocycles. The van der Waals surface area contributed by atoms with Crippen LogP contribution in [0.5, 0.6) is 0 Å². The van der Waals surface area contributed by atoms with E-state index in [9.17, 15) is 4.79 Å². The van der Waals surface area contributed by atoms with Crippen molar-refractivity contribution < 1.29 is 4.79 Å². The van der Waals surface area contributed by atoms with E-state index in [1.807, 2.05) is 73.0 Å². The van der Waals surface area contributed by atoms with Crippen LogP contribution in [0.15, 0.2) is 59.8 Å². The highest BCUT2D eigenvalue weighted by molar-refractivity contribution is 8.00. The molecule has 0 aliphatic carbocycles. The molecule has 3 aromatic rings. The van der Waals surface area contributed by atoms with E-state index in [1.165, 1.54) is 11.8 Å². The summed E-state index contributed by atoms with van der Waals surface area (Å²) in [5.74, 6) is 0.697. The van der Waals surface area contributed by atoms with Gasteiger partial charge in [0.1, 0.15) is 0 Å². The minimum absolute atomic E-state index is 0.0695. The third kappa shape index (κ3) is 4.26. The van der Waals surface area contributed by atoms with E-state index in [1.54, 1.807) is 0 Å². The number of carbonyl (C=O) groups is 1. The molecule has 1 amide bonds. The van der Waals surface area contributed by atoms with Crippen molar-refractivity contribution in [2.75, 3.05) is 5.32 Å². The largest absolute Gasteiger partial charge is 0.325 e. The van der Waals surface area contributed by atoms with Crippen LogP contribution < -0.4 is 5.32 Å². The number of para-hydroxylation sites is 1. The fourth-order valence-corrected chi connectivity index (χ4v) is 3.49. The first kappa shape index (κ1) is 18.5. The molecule has 1 heterocycles. The minimum Gasteiger partial charge on any atom is -0.325 e. The molecule has 0 unspecified atom stereocenters. The van der Waals surface area contributed by atoms with Crippen molar-refractivity contribution in [1.29, 1.82) is 0 Å². The molecule has 2 aromatic carbocycles. The SMILES string of the molecule is CCn1c(S[C@H](C)C(=O)Nc2ccccc2)nnc1-c1ccc(Cl)cc1. The fraction of sp³-hybridized carbons (Fsp3) is 0.211. The summed E-state index contributed by atoms with van der Waals surface area (Å²) in [6.07, 6.45) is 0. The van der Waals surface area contributed by atoms with Crippen molar-refractivity contribution in [1.82, 2.24) is 14.8 Å². The second kappa shape index (κ2) is 8.38. The molecular weight excluding hydrogens is 368 g/mol. The molecule has 5 nitrogen and oxygen atoms in total. The highest BCUT2D eigenvalue weighted by atomic mass is 35.5. The third-order valence-corrected chi connectivity index (χ3v) is 5.16. The van der Waals surface area contributed by atoms with Gasteiger partial charge in [0.25, 0.3) is 0 Å². The normalized spacial score (nSPS) is 12.0. The topological polar surface area (TPSA) is 59.8 Å². The molecule has 1 atom stereocenters. The molecule has 0 fully saturated rings. The maximum Gasteiger partial charge on any atom is 0.237 e. The molecule has 7 heteroatoms. The Morgan fingerprint density at radius 1 is 1.15 bits per heavy atom. The van der Waals surface area contributed by atoms with Gasteiger partial charge in [0.05, 0.1) is 5.25 Å². The summed E-state index contributed by atoms with van der Waals surface area (Å²) in [6, 6.07) is 16.9. The molecule has 1 N–H and O–H groups in total. The monoisotopic (exact) mass is 386 g/mol. The molecule has 134 valence electrons. The first-order valence-corrected chi connectivity index (χ1v) is 9.56. The zero-order valence-electron chi connectivity index (χ0n) is 14.5. The zero-order chi connectivity index (χ0) is 18.5. The summed E-state index contributed by atoms with van der Waals surface area (Å²) < 4.78 is 2.00. The van der Waals surface area contributed by atoms with Gasteiger partial charge in [0, 0.05) is 22.8 Å². The van der Waals surface area contributed by atoms with Gasteiger partial charge in [0.2, 0.25) is 5.91 Å². The lowest BCUT2D eigenvalue weighted by Gasteiger charge is -2.12. The first-order valence-electron chi connectivity index (χ1n) is 8.30. The van der Waals surface area contributed by atoms with Crippen molar-refractivity contribution in [3.8, 4) is 11.4 Å². The van der Waals surface area contributed by atoms with Gasteiger partial charge in [0.15, 0.2) is 11.0 Å². The van der Waals surface area contributed by atoms with Gasteiger partial charge in [-0.25, -0.2) is 0 Å². The lowest BCUT2D eigenvalue weighted by atomic mass is 10.2. The van der Waals surface area contributed by atoms with Gasteiger partial charge in [-0.1, -0.05) is 41.6 Å². The van der Waals surface area contributed by atoms with Crippen LogP contribution in [-0.4, -0.2) is 25.9 Å². The average molecular weight is 387 g/mol. The Labute approximate surface area is 161 Å². The molecular formula is C19H19ClN4OS. The Balaban J connectivity index is 1.75. The molecule has 0 bridgehead atoms. The number of nitrogens with zero attached hydrogens (tertiary/aromatic N) is 3. The summed E-state index contributed by atoms with van der Waals surface area (Å²) in [6.45, 7) is 4.60. The molecule has 0 spiro atoms. The Kier molecular flexibility index (Phi) is 5.96. The predicted octanol–water partition coefficient (Wildman–Crippen LogP) is 4.74. The molecule has 0 saturated heterocycles. The van der Waals surface area contributed by atoms with Crippen LogP contribution in [0.25, 0.3) is 11.4 Å². The van der Waals surface area contributed by atoms with Gasteiger partial charge < -0.3 is 9.88 Å². The van der Waals surface area contributed by atoms with Gasteiger partial charge in [-0.3, -0.25) is 4.79 Å². The van der Waals surface area contributed by atoms with E-state index in [-0.39, 0.29) is 11.2 Å². The van der Waals surface area contributed by atoms with E-state index >= 15 is 0 Å². The smallest absolute Gasteiger partial charge is 0.237 e. The Morgan fingerprint density at radius 2 is 1.85 bits per heavy atom. The number of thioether (sulfide) groups is 1. The van der Waals surface area contributed by atoms with Crippen LogP contribution in [0.4, 0.5) is 5.69 Å². The summed E-state index contributed by atoms with van der Waals surface area (Å²) in [5, 5.41) is 12.6. The van der Waals surface area contributed by atoms with Crippen LogP contribution in [0, 0.1) is 0 Å². The Hall–Kier alpha value is -2.31. The number of rotatable bonds is 6. The Bertz CT molecular complexity index is 880. The number of amides is 1. The van der Waals surface area contributed by atoms with Crippen LogP contribution in [0.1, 0.15) is 13.8 Å². The van der Waals surface area contributed by atoms with Gasteiger partial charge in [-0.15, -0.1) is 10.2 Å². The summed E-state index contributed by atoms with van der Waals surface area (Å²) >= 11 is 7.35. The number of halogens is 1. The van der Waals surface area contributed by atoms with Crippen molar-refractivity contribution in [2.24, 2.45) is 0 Å². The van der Waals surface area contributed by atoms with Crippen molar-refractivity contribution in [2.45, 2.75) is 30.8 Å². The minimum atomic E-state index is -0.303. The van der Waals surface area contributed by atoms with Gasteiger partial charge in [-0.2, -0.15) is 0 Å². The second-order valence-electron chi connectivity index (χ2n) is 5.67. The number of benzene rings is 2. The van der Waals surface area contributed by atoms with Crippen molar-refractivity contribution in [3.05, 3.63) is 59.6 Å². The first-order chi connectivity index (χ1) is 12.6. The number of aromatic nitrogens is 3. The highest BCUT2D eigenvalue weighted by Gasteiger charge is 2.20. The molecule has 0 aliphatic heterocycles. The van der Waals surface area contributed by atoms with Crippen molar-refractivity contribution >= 4 is 35.0 Å². The molecule has 26 heavy (non-hydrogen) atoms. The maximum atomic E-state index is 12.4. The van der Waals surface area contributed by atoms with Crippen molar-refractivity contribution in [3.63, 3.8) is 0 Å². The molecule has 3 rings (SSSR count). The quantitative estimate of drug-likeness (QED) is 0.622. The molecule has 0 radical (unpaired) electrons. The standard InChI is InChI=1S/C19H19ClN4OS/c1-3-24-17(14-9-11-15(20)12-10-14)22-23-19(24)26-13(2)18(25)21-16-7-5-4-6-8-16/h4-13H,3H2,1-2H3,(H,21,25)/t13-/m1/s1. The van der Waals surface area contributed by atoms with E-state index in [0.29, 0.717) is 16.7 Å². The lowest BCUT2D eigenvalue weighted by molar-refractivity contribution is -0.115. The molecule has 0 aliphatic rings. The number of hydrogen-bond donors (Lipinski definition) is 1. The fourth-order valence-electron chi connectivity index (χ4n) is 2.45. The lowest BCUT2D eigenvalue weighted by Crippen LogP contribution is -2.22. The van der Waals surface area contributed by atoms with E-state index in [2.05, 4.69) is 15.5 Å². The van der Waals surface area contributed by atoms with Crippen LogP contribution in [-0.2, 0) is 11.3 Å². The highest BCUT2D eigenvalue weighted by Crippen LogP contribution is 2.28. The third-order valence-electron chi connectivity index (χ3n) is 3.83. The van der Waals surface area contributed by atoms with Crippen LogP contribution in [0.3, 0.4) is 0 Å². The van der Waals surface area contributed by atoms with E-state index < -0.39 is 0 Å². The summed E-state index contributed by atoms with van der Waals surface area (Å²) in [7, 11) is 0. The van der Waals surface area contributed by atoms with Crippen LogP contribution in [0.2, 0.25) is 5.02 Å². The van der Waals surface area contributed by atoms with Gasteiger partial charge in [-0.05, 0) is 50.2 Å².